The Morgan fingerprint density at radius 3 is 2.26 bits per heavy atom. The third-order valence-corrected chi connectivity index (χ3v) is 10.3. The Labute approximate surface area is 270 Å². The van der Waals surface area contributed by atoms with Gasteiger partial charge in [0.05, 0.1) is 7.11 Å². The smallest absolute Gasteiger partial charge is 0.280 e. The molecule has 0 bridgehead atoms. The van der Waals surface area contributed by atoms with Gasteiger partial charge in [-0.15, -0.1) is 11.3 Å². The number of hydrogen-bond donors (Lipinski definition) is 2. The Morgan fingerprint density at radius 2 is 1.61 bits per heavy atom. The molecule has 0 radical (unpaired) electrons. The maximum atomic E-state index is 13.6. The van der Waals surface area contributed by atoms with Crippen LogP contribution in [-0.4, -0.2) is 62.0 Å². The van der Waals surface area contributed by atoms with Gasteiger partial charge in [-0.1, -0.05) is 38.1 Å². The molecule has 0 saturated heterocycles. The first kappa shape index (κ1) is 32.7. The van der Waals surface area contributed by atoms with Crippen molar-refractivity contribution in [3.8, 4) is 34.8 Å². The van der Waals surface area contributed by atoms with Crippen LogP contribution in [0.5, 0.6) is 23.1 Å². The molecule has 0 amide bonds. The second kappa shape index (κ2) is 14.2. The number of methoxy groups -OCH3 is 1. The molecule has 0 unspecified atom stereocenters. The summed E-state index contributed by atoms with van der Waals surface area (Å²) in [5.74, 6) is -0.132. The molecule has 4 aromatic heterocycles. The van der Waals surface area contributed by atoms with E-state index < -0.39 is 20.0 Å². The zero-order chi connectivity index (χ0) is 32.7. The van der Waals surface area contributed by atoms with E-state index in [-0.39, 0.29) is 63.2 Å². The van der Waals surface area contributed by atoms with E-state index >= 15 is 0 Å². The highest BCUT2D eigenvalue weighted by atomic mass is 32.2. The van der Waals surface area contributed by atoms with Crippen molar-refractivity contribution in [3.63, 3.8) is 0 Å². The fourth-order valence-corrected chi connectivity index (χ4v) is 6.89. The van der Waals surface area contributed by atoms with Crippen molar-refractivity contribution in [3.05, 3.63) is 84.1 Å². The number of thiophene rings is 1. The van der Waals surface area contributed by atoms with Crippen LogP contribution in [-0.2, 0) is 20.0 Å². The molecule has 0 saturated carbocycles. The van der Waals surface area contributed by atoms with Crippen LogP contribution >= 0.6 is 11.3 Å². The molecule has 5 rings (SSSR count). The molecule has 5 aromatic rings. The molecule has 4 heterocycles. The normalized spacial score (nSPS) is 11.7. The number of aromatic nitrogens is 5. The van der Waals surface area contributed by atoms with Gasteiger partial charge in [0.1, 0.15) is 10.8 Å². The molecule has 17 heteroatoms. The van der Waals surface area contributed by atoms with Gasteiger partial charge in [0.25, 0.3) is 15.9 Å². The maximum absolute atomic E-state index is 13.6. The van der Waals surface area contributed by atoms with E-state index in [1.54, 1.807) is 47.8 Å². The highest BCUT2D eigenvalue weighted by molar-refractivity contribution is 7.92. The maximum Gasteiger partial charge on any atom is 0.280 e. The van der Waals surface area contributed by atoms with Crippen LogP contribution in [0.2, 0.25) is 0 Å². The Bertz CT molecular complexity index is 1990. The number of hydrogen-bond acceptors (Lipinski definition) is 13. The fourth-order valence-electron chi connectivity index (χ4n) is 3.90. The Balaban J connectivity index is 1.56. The van der Waals surface area contributed by atoms with Gasteiger partial charge in [0.2, 0.25) is 21.6 Å². The molecule has 46 heavy (non-hydrogen) atoms. The standard InChI is InChI=1S/C29H29N7O7S3/c1-19(2)20-11-12-23(32-18-20)45(37,38)36-26-25(43-22-9-5-4-8-21(22)41-3)29(35-28(34-26)27-30-13-7-14-31-27)42-16-15-33-46(39,40)24-10-6-17-44-24/h4-14,17-19,33H,15-16H2,1-3H3,(H,34,35,36). The van der Waals surface area contributed by atoms with Gasteiger partial charge >= 0.3 is 0 Å². The van der Waals surface area contributed by atoms with Crippen LogP contribution in [0.15, 0.2) is 87.8 Å². The molecule has 1 aromatic carbocycles. The molecular formula is C29H29N7O7S3. The molecule has 14 nitrogen and oxygen atoms in total. The molecule has 2 N–H and O–H groups in total. The lowest BCUT2D eigenvalue weighted by atomic mass is 10.1. The van der Waals surface area contributed by atoms with Crippen LogP contribution in [0.25, 0.3) is 11.6 Å². The number of nitrogens with zero attached hydrogens (tertiary/aromatic N) is 5. The van der Waals surface area contributed by atoms with Crippen LogP contribution in [0.3, 0.4) is 0 Å². The van der Waals surface area contributed by atoms with E-state index in [1.807, 2.05) is 13.8 Å². The van der Waals surface area contributed by atoms with Crippen molar-refractivity contribution in [2.45, 2.75) is 29.0 Å². The average Bonchev–Trinajstić information content (AvgIpc) is 3.61. The predicted octanol–water partition coefficient (Wildman–Crippen LogP) is 4.47. The van der Waals surface area contributed by atoms with E-state index in [4.69, 9.17) is 14.2 Å². The SMILES string of the molecule is COc1ccccc1Oc1c(NS(=O)(=O)c2ccc(C(C)C)cn2)nc(-c2ncccn2)nc1OCCNS(=O)(=O)c1cccs1. The summed E-state index contributed by atoms with van der Waals surface area (Å²) in [6, 6.07) is 14.4. The number of pyridine rings is 1. The highest BCUT2D eigenvalue weighted by Gasteiger charge is 2.27. The quantitative estimate of drug-likeness (QED) is 0.157. The van der Waals surface area contributed by atoms with Crippen LogP contribution < -0.4 is 23.7 Å². The molecule has 240 valence electrons. The van der Waals surface area contributed by atoms with Gasteiger partial charge in [-0.25, -0.2) is 33.1 Å². The first-order valence-electron chi connectivity index (χ1n) is 13.7. The minimum atomic E-state index is -4.32. The number of rotatable bonds is 14. The van der Waals surface area contributed by atoms with Gasteiger partial charge in [-0.2, -0.15) is 13.4 Å². The van der Waals surface area contributed by atoms with Crippen molar-refractivity contribution in [1.82, 2.24) is 29.6 Å². The number of benzene rings is 1. The van der Waals surface area contributed by atoms with Crippen LogP contribution in [0, 0.1) is 0 Å². The summed E-state index contributed by atoms with van der Waals surface area (Å²) in [4.78, 5) is 21.3. The van der Waals surface area contributed by atoms with Gasteiger partial charge < -0.3 is 14.2 Å². The van der Waals surface area contributed by atoms with Crippen molar-refractivity contribution in [1.29, 1.82) is 0 Å². The molecule has 0 aliphatic heterocycles. The third kappa shape index (κ3) is 7.74. The predicted molar refractivity (Wildman–Crippen MR) is 170 cm³/mol. The largest absolute Gasteiger partial charge is 0.493 e. The summed E-state index contributed by atoms with van der Waals surface area (Å²) >= 11 is 1.07. The van der Waals surface area contributed by atoms with Gasteiger partial charge in [0.15, 0.2) is 28.2 Å². The summed E-state index contributed by atoms with van der Waals surface area (Å²) in [6.45, 7) is 3.56. The lowest BCUT2D eigenvalue weighted by Gasteiger charge is -2.18. The van der Waals surface area contributed by atoms with Crippen molar-refractivity contribution in [2.75, 3.05) is 25.0 Å². The number of anilines is 1. The van der Waals surface area contributed by atoms with Crippen LogP contribution in [0.4, 0.5) is 5.82 Å². The highest BCUT2D eigenvalue weighted by Crippen LogP contribution is 2.41. The first-order chi connectivity index (χ1) is 22.1. The lowest BCUT2D eigenvalue weighted by Crippen LogP contribution is -2.28. The van der Waals surface area contributed by atoms with Crippen molar-refractivity contribution < 1.29 is 31.0 Å². The third-order valence-electron chi connectivity index (χ3n) is 6.21. The summed E-state index contributed by atoms with van der Waals surface area (Å²) < 4.78 is 74.9. The topological polar surface area (TPSA) is 184 Å². The van der Waals surface area contributed by atoms with Gasteiger partial charge in [-0.3, -0.25) is 4.72 Å². The summed E-state index contributed by atoms with van der Waals surface area (Å²) in [7, 11) is -6.65. The molecule has 0 fully saturated rings. The van der Waals surface area contributed by atoms with Crippen molar-refractivity contribution in [2.24, 2.45) is 0 Å². The van der Waals surface area contributed by atoms with Crippen LogP contribution in [0.1, 0.15) is 25.3 Å². The van der Waals surface area contributed by atoms with Crippen molar-refractivity contribution >= 4 is 37.2 Å². The zero-order valence-electron chi connectivity index (χ0n) is 24.8. The Kier molecular flexibility index (Phi) is 10.1. The summed E-state index contributed by atoms with van der Waals surface area (Å²) in [5, 5.41) is 1.39. The number of sulfonamides is 2. The van der Waals surface area contributed by atoms with E-state index in [2.05, 4.69) is 34.4 Å². The minimum Gasteiger partial charge on any atom is -0.493 e. The summed E-state index contributed by atoms with van der Waals surface area (Å²) in [6.07, 6.45) is 4.42. The van der Waals surface area contributed by atoms with E-state index in [1.165, 1.54) is 37.8 Å². The summed E-state index contributed by atoms with van der Waals surface area (Å²) in [5.41, 5.74) is 0.857. The van der Waals surface area contributed by atoms with E-state index in [9.17, 15) is 16.8 Å². The number of nitrogens with one attached hydrogen (secondary N) is 2. The molecule has 0 spiro atoms. The zero-order valence-corrected chi connectivity index (χ0v) is 27.3. The minimum absolute atomic E-state index is 0.0643. The molecular weight excluding hydrogens is 655 g/mol. The number of para-hydroxylation sites is 2. The van der Waals surface area contributed by atoms with Gasteiger partial charge in [-0.05, 0) is 47.2 Å². The van der Waals surface area contributed by atoms with E-state index in [0.717, 1.165) is 16.9 Å². The second-order valence-corrected chi connectivity index (χ2v) is 14.3. The number of ether oxygens (including phenoxy) is 3. The lowest BCUT2D eigenvalue weighted by molar-refractivity contribution is 0.292. The fraction of sp³-hybridized carbons (Fsp3) is 0.207. The molecule has 0 aliphatic carbocycles. The first-order valence-corrected chi connectivity index (χ1v) is 17.6. The van der Waals surface area contributed by atoms with E-state index in [0.29, 0.717) is 5.75 Å². The molecule has 0 atom stereocenters. The Morgan fingerprint density at radius 1 is 0.848 bits per heavy atom. The monoisotopic (exact) mass is 683 g/mol. The second-order valence-electron chi connectivity index (χ2n) is 9.72. The van der Waals surface area contributed by atoms with Gasteiger partial charge in [0, 0.05) is 25.1 Å². The average molecular weight is 684 g/mol. The Hall–Kier alpha value is -4.71. The molecule has 0 aliphatic rings.